The molecule has 1 aliphatic heterocycles. The molecule has 0 radical (unpaired) electrons. The molecule has 2 aromatic rings. The fourth-order valence-electron chi connectivity index (χ4n) is 2.02. The number of amides is 1. The van der Waals surface area contributed by atoms with Gasteiger partial charge in [0.1, 0.15) is 24.3 Å². The highest BCUT2D eigenvalue weighted by Crippen LogP contribution is 2.35. The Kier molecular flexibility index (Phi) is 3.54. The number of fused-ring (bicyclic) bond motifs is 2. The Morgan fingerprint density at radius 3 is 2.71 bits per heavy atom. The van der Waals surface area contributed by atoms with Gasteiger partial charge in [-0.3, -0.25) is 4.79 Å². The van der Waals surface area contributed by atoms with Crippen molar-refractivity contribution in [3.63, 3.8) is 0 Å². The lowest BCUT2D eigenvalue weighted by Gasteiger charge is -2.18. The first-order chi connectivity index (χ1) is 10.2. The molecular formula is C14H11N3O3S. The largest absolute Gasteiger partial charge is 0.486 e. The van der Waals surface area contributed by atoms with Crippen LogP contribution < -0.4 is 15.2 Å². The van der Waals surface area contributed by atoms with Crippen molar-refractivity contribution in [3.8, 4) is 17.6 Å². The van der Waals surface area contributed by atoms with Crippen LogP contribution in [0.1, 0.15) is 5.56 Å². The molecule has 106 valence electrons. The van der Waals surface area contributed by atoms with Gasteiger partial charge in [-0.2, -0.15) is 5.26 Å². The van der Waals surface area contributed by atoms with E-state index in [4.69, 9.17) is 15.2 Å². The number of aromatic nitrogens is 1. The van der Waals surface area contributed by atoms with Crippen molar-refractivity contribution < 1.29 is 14.3 Å². The van der Waals surface area contributed by atoms with Crippen LogP contribution in [0, 0.1) is 11.3 Å². The lowest BCUT2D eigenvalue weighted by atomic mass is 10.1. The third-order valence-electron chi connectivity index (χ3n) is 2.92. The zero-order valence-electron chi connectivity index (χ0n) is 11.0. The zero-order valence-corrected chi connectivity index (χ0v) is 11.8. The van der Waals surface area contributed by atoms with Crippen LogP contribution in [0.2, 0.25) is 0 Å². The summed E-state index contributed by atoms with van der Waals surface area (Å²) < 4.78 is 11.0. The van der Waals surface area contributed by atoms with Crippen LogP contribution in [0.3, 0.4) is 0 Å². The second-order valence-electron chi connectivity index (χ2n) is 4.40. The standard InChI is InChI=1S/C14H11N3O3S/c15-6-9-3-8-4-11-12(20-2-1-19-11)5-10(8)17-14(9)21-7-13(16)18/h3-5H,1-2,7H2,(H2,16,18). The number of primary amides is 1. The highest BCUT2D eigenvalue weighted by Gasteiger charge is 2.15. The van der Waals surface area contributed by atoms with E-state index in [0.29, 0.717) is 40.8 Å². The van der Waals surface area contributed by atoms with Gasteiger partial charge in [0.25, 0.3) is 0 Å². The van der Waals surface area contributed by atoms with Crippen molar-refractivity contribution in [1.82, 2.24) is 4.98 Å². The normalized spacial score (nSPS) is 12.9. The van der Waals surface area contributed by atoms with Crippen molar-refractivity contribution >= 4 is 28.6 Å². The molecule has 2 N–H and O–H groups in total. The Balaban J connectivity index is 2.08. The summed E-state index contributed by atoms with van der Waals surface area (Å²) in [6, 6.07) is 7.39. The fraction of sp³-hybridized carbons (Fsp3) is 0.214. The highest BCUT2D eigenvalue weighted by molar-refractivity contribution is 8.00. The number of nitriles is 1. The van der Waals surface area contributed by atoms with Crippen molar-refractivity contribution in [3.05, 3.63) is 23.8 Å². The highest BCUT2D eigenvalue weighted by atomic mass is 32.2. The fourth-order valence-corrected chi connectivity index (χ4v) is 2.72. The minimum atomic E-state index is -0.451. The van der Waals surface area contributed by atoms with Crippen LogP contribution >= 0.6 is 11.8 Å². The first-order valence-electron chi connectivity index (χ1n) is 6.23. The van der Waals surface area contributed by atoms with E-state index >= 15 is 0 Å². The minimum absolute atomic E-state index is 0.0811. The number of carbonyl (C=O) groups is 1. The molecule has 0 fully saturated rings. The molecule has 1 amide bonds. The lowest BCUT2D eigenvalue weighted by molar-refractivity contribution is -0.115. The molecule has 0 unspecified atom stereocenters. The molecule has 0 spiro atoms. The molecular weight excluding hydrogens is 290 g/mol. The number of benzene rings is 1. The van der Waals surface area contributed by atoms with E-state index in [9.17, 15) is 10.1 Å². The Bertz CT molecular complexity index is 770. The summed E-state index contributed by atoms with van der Waals surface area (Å²) in [5.74, 6) is 0.916. The van der Waals surface area contributed by atoms with Gasteiger partial charge in [0.2, 0.25) is 5.91 Å². The van der Waals surface area contributed by atoms with Crippen LogP contribution in [0.4, 0.5) is 0 Å². The van der Waals surface area contributed by atoms with Gasteiger partial charge in [-0.25, -0.2) is 4.98 Å². The SMILES string of the molecule is N#Cc1cc2cc3c(cc2nc1SCC(N)=O)OCCO3. The van der Waals surface area contributed by atoms with Crippen molar-refractivity contribution in [2.45, 2.75) is 5.03 Å². The molecule has 1 aromatic heterocycles. The molecule has 7 heteroatoms. The van der Waals surface area contributed by atoms with Crippen molar-refractivity contribution in [2.24, 2.45) is 5.73 Å². The summed E-state index contributed by atoms with van der Waals surface area (Å²) in [5.41, 5.74) is 6.22. The smallest absolute Gasteiger partial charge is 0.227 e. The number of pyridine rings is 1. The summed E-state index contributed by atoms with van der Waals surface area (Å²) in [7, 11) is 0. The first-order valence-corrected chi connectivity index (χ1v) is 7.21. The van der Waals surface area contributed by atoms with Gasteiger partial charge >= 0.3 is 0 Å². The zero-order chi connectivity index (χ0) is 14.8. The van der Waals surface area contributed by atoms with Gasteiger partial charge in [0.15, 0.2) is 11.5 Å². The summed E-state index contributed by atoms with van der Waals surface area (Å²) in [5, 5.41) is 10.5. The molecule has 1 aliphatic rings. The third kappa shape index (κ3) is 2.71. The predicted molar refractivity (Wildman–Crippen MR) is 77.4 cm³/mol. The maximum absolute atomic E-state index is 10.9. The summed E-state index contributed by atoms with van der Waals surface area (Å²) in [6.07, 6.45) is 0. The van der Waals surface area contributed by atoms with E-state index in [1.54, 1.807) is 18.2 Å². The molecule has 0 saturated heterocycles. The van der Waals surface area contributed by atoms with Crippen LogP contribution in [-0.2, 0) is 4.79 Å². The monoisotopic (exact) mass is 301 g/mol. The average molecular weight is 301 g/mol. The quantitative estimate of drug-likeness (QED) is 0.862. The number of carbonyl (C=O) groups excluding carboxylic acids is 1. The number of nitrogens with zero attached hydrogens (tertiary/aromatic N) is 2. The third-order valence-corrected chi connectivity index (χ3v) is 3.93. The average Bonchev–Trinajstić information content (AvgIpc) is 2.49. The Hall–Kier alpha value is -2.46. The summed E-state index contributed by atoms with van der Waals surface area (Å²) in [4.78, 5) is 15.3. The van der Waals surface area contributed by atoms with E-state index in [1.165, 1.54) is 0 Å². The molecule has 0 bridgehead atoms. The maximum Gasteiger partial charge on any atom is 0.227 e. The molecule has 0 atom stereocenters. The molecule has 2 heterocycles. The van der Waals surface area contributed by atoms with Crippen LogP contribution in [0.25, 0.3) is 10.9 Å². The van der Waals surface area contributed by atoms with Crippen molar-refractivity contribution in [2.75, 3.05) is 19.0 Å². The number of ether oxygens (including phenoxy) is 2. The summed E-state index contributed by atoms with van der Waals surface area (Å²) >= 11 is 1.15. The Morgan fingerprint density at radius 1 is 1.33 bits per heavy atom. The molecule has 21 heavy (non-hydrogen) atoms. The second kappa shape index (κ2) is 5.50. The minimum Gasteiger partial charge on any atom is -0.486 e. The van der Waals surface area contributed by atoms with Gasteiger partial charge in [-0.1, -0.05) is 11.8 Å². The molecule has 0 aliphatic carbocycles. The van der Waals surface area contributed by atoms with Gasteiger partial charge in [0.05, 0.1) is 16.8 Å². The van der Waals surface area contributed by atoms with E-state index in [-0.39, 0.29) is 5.75 Å². The number of hydrogen-bond donors (Lipinski definition) is 1. The predicted octanol–water partition coefficient (Wildman–Crippen LogP) is 1.46. The van der Waals surface area contributed by atoms with Crippen LogP contribution in [0.5, 0.6) is 11.5 Å². The number of nitrogens with two attached hydrogens (primary N) is 1. The number of hydrogen-bond acceptors (Lipinski definition) is 6. The second-order valence-corrected chi connectivity index (χ2v) is 5.36. The lowest BCUT2D eigenvalue weighted by Crippen LogP contribution is -2.15. The molecule has 3 rings (SSSR count). The molecule has 1 aromatic carbocycles. The van der Waals surface area contributed by atoms with Crippen LogP contribution in [0.15, 0.2) is 23.2 Å². The van der Waals surface area contributed by atoms with Gasteiger partial charge in [-0.15, -0.1) is 0 Å². The van der Waals surface area contributed by atoms with E-state index in [2.05, 4.69) is 11.1 Å². The van der Waals surface area contributed by atoms with E-state index in [1.807, 2.05) is 0 Å². The van der Waals surface area contributed by atoms with E-state index in [0.717, 1.165) is 17.1 Å². The van der Waals surface area contributed by atoms with Crippen molar-refractivity contribution in [1.29, 1.82) is 5.26 Å². The van der Waals surface area contributed by atoms with Gasteiger partial charge in [0, 0.05) is 11.5 Å². The van der Waals surface area contributed by atoms with E-state index < -0.39 is 5.91 Å². The topological polar surface area (TPSA) is 98.2 Å². The summed E-state index contributed by atoms with van der Waals surface area (Å²) in [6.45, 7) is 1.00. The van der Waals surface area contributed by atoms with Crippen LogP contribution in [-0.4, -0.2) is 29.9 Å². The Morgan fingerprint density at radius 2 is 2.05 bits per heavy atom. The van der Waals surface area contributed by atoms with Gasteiger partial charge < -0.3 is 15.2 Å². The maximum atomic E-state index is 10.9. The van der Waals surface area contributed by atoms with Gasteiger partial charge in [-0.05, 0) is 12.1 Å². The number of thioether (sulfide) groups is 1. The molecule has 6 nitrogen and oxygen atoms in total. The molecule has 0 saturated carbocycles. The first kappa shape index (κ1) is 13.5. The Labute approximate surface area is 124 Å². The number of rotatable bonds is 3.